The second-order valence-electron chi connectivity index (χ2n) is 22.8. The minimum Gasteiger partial charge on any atom is -0.464 e. The van der Waals surface area contributed by atoms with Crippen LogP contribution in [-0.2, 0) is 19.6 Å². The highest BCUT2D eigenvalue weighted by Crippen LogP contribution is 2.23. The zero-order valence-electron chi connectivity index (χ0n) is 53.6. The summed E-state index contributed by atoms with van der Waals surface area (Å²) in [7, 11) is 0. The molecular weight excluding hydrogens is 1160 g/mol. The highest BCUT2D eigenvalue weighted by Gasteiger charge is 2.20. The molecule has 0 fully saturated rings. The molecule has 0 radical (unpaired) electrons. The van der Waals surface area contributed by atoms with Crippen LogP contribution in [0.5, 0.6) is 0 Å². The molecule has 0 aliphatic carbocycles. The number of aryl methyl sites for hydroxylation is 9. The Hall–Kier alpha value is -11.5. The second-order valence-corrected chi connectivity index (χ2v) is 22.8. The first kappa shape index (κ1) is 64.5. The Morgan fingerprint density at radius 3 is 1.66 bits per heavy atom. The number of benzene rings is 9. The summed E-state index contributed by atoms with van der Waals surface area (Å²) < 4.78 is 31.0. The fourth-order valence-corrected chi connectivity index (χ4v) is 10.6. The molecule has 9 aromatic carbocycles. The number of nitrogens with zero attached hydrogens (tertiary/aromatic N) is 2. The molecular formula is C79H73N5O9. The maximum Gasteiger partial charge on any atom is 0.252 e. The van der Waals surface area contributed by atoms with Crippen LogP contribution in [0.3, 0.4) is 0 Å². The molecule has 3 aliphatic heterocycles. The van der Waals surface area contributed by atoms with Crippen molar-refractivity contribution in [2.75, 3.05) is 0 Å². The molecule has 3 amide bonds. The van der Waals surface area contributed by atoms with Crippen molar-refractivity contribution in [1.82, 2.24) is 25.9 Å². The zero-order chi connectivity index (χ0) is 65.4. The van der Waals surface area contributed by atoms with Gasteiger partial charge >= 0.3 is 0 Å². The van der Waals surface area contributed by atoms with Gasteiger partial charge in [0.2, 0.25) is 0 Å². The van der Waals surface area contributed by atoms with Crippen LogP contribution >= 0.6 is 0 Å². The smallest absolute Gasteiger partial charge is 0.252 e. The molecule has 0 saturated heterocycles. The molecule has 0 saturated carbocycles. The van der Waals surface area contributed by atoms with E-state index in [9.17, 15) is 14.4 Å². The van der Waals surface area contributed by atoms with Gasteiger partial charge < -0.3 is 42.5 Å². The summed E-state index contributed by atoms with van der Waals surface area (Å²) in [6.07, 6.45) is 9.80. The van der Waals surface area contributed by atoms with Crippen molar-refractivity contribution >= 4 is 83.8 Å². The Morgan fingerprint density at radius 1 is 0.323 bits per heavy atom. The lowest BCUT2D eigenvalue weighted by atomic mass is 10.0. The lowest BCUT2D eigenvalue weighted by Gasteiger charge is -1.97. The third-order valence-electron chi connectivity index (χ3n) is 15.6. The van der Waals surface area contributed by atoms with Gasteiger partial charge in [-0.3, -0.25) is 14.4 Å². The fraction of sp³-hybridized carbons (Fsp3) is 0.152. The predicted octanol–water partition coefficient (Wildman–Crippen LogP) is 19.0. The van der Waals surface area contributed by atoms with Gasteiger partial charge in [0, 0.05) is 57.9 Å². The lowest BCUT2D eigenvalue weighted by molar-refractivity contribution is 0.0957. The number of furan rings is 4. The Morgan fingerprint density at radius 2 is 0.871 bits per heavy atom. The van der Waals surface area contributed by atoms with Crippen LogP contribution in [0, 0.1) is 62.3 Å². The molecule has 0 bridgehead atoms. The van der Waals surface area contributed by atoms with E-state index >= 15 is 0 Å². The van der Waals surface area contributed by atoms with Gasteiger partial charge in [-0.15, -0.1) is 0 Å². The number of para-hydroxylation sites is 2. The second kappa shape index (κ2) is 30.3. The molecule has 6 aromatic heterocycles. The van der Waals surface area contributed by atoms with Gasteiger partial charge in [0.25, 0.3) is 17.7 Å². The molecule has 0 unspecified atom stereocenters. The van der Waals surface area contributed by atoms with Gasteiger partial charge in [0.05, 0.1) is 25.1 Å². The summed E-state index contributed by atoms with van der Waals surface area (Å²) in [6, 6.07) is 62.1. The number of hydrogen-bond donors (Lipinski definition) is 3. The van der Waals surface area contributed by atoms with Gasteiger partial charge in [-0.1, -0.05) is 126 Å². The molecule has 18 rings (SSSR count). The van der Waals surface area contributed by atoms with Crippen molar-refractivity contribution in [2.24, 2.45) is 0 Å². The molecule has 3 N–H and O–H groups in total. The van der Waals surface area contributed by atoms with E-state index in [0.717, 1.165) is 94.6 Å². The Balaban J connectivity index is 0.000000114. The fourth-order valence-electron chi connectivity index (χ4n) is 10.6. The largest absolute Gasteiger partial charge is 0.464 e. The number of hydrogen-bond acceptors (Lipinski definition) is 11. The van der Waals surface area contributed by atoms with Crippen LogP contribution in [-0.4, -0.2) is 27.7 Å². The quantitative estimate of drug-likeness (QED) is 0.131. The summed E-state index contributed by atoms with van der Waals surface area (Å²) in [5.74, 6) is 0.182. The highest BCUT2D eigenvalue weighted by molar-refractivity contribution is 6.00. The van der Waals surface area contributed by atoms with Crippen molar-refractivity contribution < 1.29 is 40.9 Å². The molecule has 0 spiro atoms. The van der Waals surface area contributed by atoms with E-state index in [4.69, 9.17) is 26.5 Å². The topological polar surface area (TPSA) is 192 Å². The maximum absolute atomic E-state index is 11.2. The molecule has 0 atom stereocenters. The lowest BCUT2D eigenvalue weighted by Crippen LogP contribution is -2.13. The van der Waals surface area contributed by atoms with Crippen LogP contribution in [0.4, 0.5) is 0 Å². The Bertz CT molecular complexity index is 4690. The molecule has 9 heterocycles. The molecule has 468 valence electrons. The van der Waals surface area contributed by atoms with E-state index in [2.05, 4.69) is 71.0 Å². The average molecular weight is 1240 g/mol. The Labute approximate surface area is 539 Å². The number of amides is 3. The van der Waals surface area contributed by atoms with Crippen LogP contribution in [0.25, 0.3) is 66.1 Å². The number of carbonyl (C=O) groups is 3. The van der Waals surface area contributed by atoms with Gasteiger partial charge in [-0.25, -0.2) is 9.97 Å². The highest BCUT2D eigenvalue weighted by atomic mass is 16.3. The van der Waals surface area contributed by atoms with Gasteiger partial charge in [-0.2, -0.15) is 0 Å². The molecule has 14 heteroatoms. The van der Waals surface area contributed by atoms with Gasteiger partial charge in [0.1, 0.15) is 33.4 Å². The molecule has 93 heavy (non-hydrogen) atoms. The van der Waals surface area contributed by atoms with Crippen molar-refractivity contribution in [3.05, 3.63) is 309 Å². The monoisotopic (exact) mass is 1240 g/mol. The summed E-state index contributed by atoms with van der Waals surface area (Å²) in [4.78, 5) is 41.4. The molecule has 3 aliphatic rings. The summed E-state index contributed by atoms with van der Waals surface area (Å²) in [5.41, 5.74) is 24.1. The number of fused-ring (bicyclic) bond motifs is 9. The number of rotatable bonds is 0. The minimum absolute atomic E-state index is 0.0556. The minimum atomic E-state index is 0.0556. The number of oxazole rings is 2. The third-order valence-corrected chi connectivity index (χ3v) is 15.6. The summed E-state index contributed by atoms with van der Waals surface area (Å²) in [5, 5.41) is 13.1. The Kier molecular flexibility index (Phi) is 21.0. The van der Waals surface area contributed by atoms with E-state index in [1.54, 1.807) is 25.1 Å². The van der Waals surface area contributed by atoms with E-state index < -0.39 is 0 Å². The predicted molar refractivity (Wildman–Crippen MR) is 368 cm³/mol. The third kappa shape index (κ3) is 16.7. The van der Waals surface area contributed by atoms with E-state index in [-0.39, 0.29) is 17.7 Å². The van der Waals surface area contributed by atoms with E-state index in [1.807, 2.05) is 205 Å². The average Bonchev–Trinajstić information content (AvgIpc) is 1.95. The van der Waals surface area contributed by atoms with Crippen LogP contribution in [0.15, 0.2) is 252 Å². The summed E-state index contributed by atoms with van der Waals surface area (Å²) >= 11 is 0. The van der Waals surface area contributed by atoms with Crippen molar-refractivity contribution in [3.63, 3.8) is 0 Å². The van der Waals surface area contributed by atoms with E-state index in [1.165, 1.54) is 67.7 Å². The number of nitrogens with one attached hydrogen (secondary N) is 3. The normalized spacial score (nSPS) is 11.9. The van der Waals surface area contributed by atoms with Crippen molar-refractivity contribution in [3.8, 4) is 0 Å². The molecule has 15 aromatic rings. The SMILES string of the molecule is Cc1ccc2c(c1)C(=O)NC2.Cc1ccc2c(c1)CNC2=O.Cc1ccc2ccoc2c1.Cc1ccc2ncoc2c1.Cc1ccc2occc2c1.Cc1cccc2c1C(=O)NC2.Cc1cccc2ccoc12.Cc1cccc2ncoc12.Cc1cccc2occc12. The van der Waals surface area contributed by atoms with E-state index in [0.29, 0.717) is 19.6 Å². The first-order chi connectivity index (χ1) is 45.0. The summed E-state index contributed by atoms with van der Waals surface area (Å²) in [6.45, 7) is 20.4. The van der Waals surface area contributed by atoms with Gasteiger partial charge in [-0.05, 0) is 191 Å². The molecule has 14 nitrogen and oxygen atoms in total. The number of aromatic nitrogens is 2. The van der Waals surface area contributed by atoms with Crippen LogP contribution < -0.4 is 16.0 Å². The van der Waals surface area contributed by atoms with Crippen molar-refractivity contribution in [1.29, 1.82) is 0 Å². The first-order valence-electron chi connectivity index (χ1n) is 30.5. The zero-order valence-corrected chi connectivity index (χ0v) is 53.6. The maximum atomic E-state index is 11.2. The van der Waals surface area contributed by atoms with Crippen LogP contribution in [0.2, 0.25) is 0 Å². The first-order valence-corrected chi connectivity index (χ1v) is 30.5. The van der Waals surface area contributed by atoms with Gasteiger partial charge in [0.15, 0.2) is 24.0 Å². The number of carbonyl (C=O) groups excluding carboxylic acids is 3. The van der Waals surface area contributed by atoms with Crippen LogP contribution in [0.1, 0.15) is 97.8 Å². The van der Waals surface area contributed by atoms with Crippen molar-refractivity contribution in [2.45, 2.75) is 81.9 Å². The standard InChI is InChI=1S/3C9H9NO.4C9H8O.2C8H7NO/c1-6-2-3-8-7(4-6)5-10-9(8)11;1-6-2-3-7-5-10-9(11)8(7)4-6;1-6-3-2-4-7-5-10-9(11)8(6)7;1-7-2-3-9-8(6-7)4-5-10-9;1-7-2-3-8-4-5-10-9(8)6-7;1-7-3-2-4-9-8(7)5-6-10-9;1-7-3-2-4-8-5-6-10-9(7)8;1-6-2-3-7-8(4-6)10-5-9-7;1-6-3-2-4-7-8(6)10-5-9-7/h3*2-4H,5H2,1H3,(H,10,11);4*2-6H,1H3;2*2-5H,1H3.